The Morgan fingerprint density at radius 1 is 1.20 bits per heavy atom. The van der Waals surface area contributed by atoms with Crippen molar-refractivity contribution in [3.8, 4) is 22.0 Å². The van der Waals surface area contributed by atoms with Crippen molar-refractivity contribution in [2.45, 2.75) is 13.8 Å². The summed E-state index contributed by atoms with van der Waals surface area (Å²) in [6.45, 7) is 8.29. The van der Waals surface area contributed by atoms with Crippen LogP contribution in [0.15, 0.2) is 49.4 Å². The third kappa shape index (κ3) is 3.09. The highest BCUT2D eigenvalue weighted by Gasteiger charge is 2.14. The number of hydrogen-bond donors (Lipinski definition) is 3. The number of aromatic amines is 3. The minimum Gasteiger partial charge on any atom is -0.353 e. The van der Waals surface area contributed by atoms with Crippen molar-refractivity contribution in [1.82, 2.24) is 30.4 Å². The van der Waals surface area contributed by atoms with Crippen LogP contribution in [0.3, 0.4) is 0 Å². The third-order valence-electron chi connectivity index (χ3n) is 5.09. The standard InChI is InChI=1S/C23H20N6S/c1-4-18-16(9-13(2)15-11-25-26-12-15)22(29-28-18)20-10-17-19(27-20)7-8-24-23(17)21-6-5-14(3)30-21/h4-12,27-28H,2H2,1,3H3,(H,25,26)/b16-9+,18-4+. The number of pyridine rings is 1. The van der Waals surface area contributed by atoms with Gasteiger partial charge in [0.15, 0.2) is 0 Å². The molecule has 6 nitrogen and oxygen atoms in total. The fourth-order valence-corrected chi connectivity index (χ4v) is 4.44. The zero-order valence-electron chi connectivity index (χ0n) is 16.7. The van der Waals surface area contributed by atoms with Crippen LogP contribution in [-0.4, -0.2) is 30.4 Å². The molecular formula is C23H20N6S. The summed E-state index contributed by atoms with van der Waals surface area (Å²) < 4.78 is 0. The molecule has 148 valence electrons. The monoisotopic (exact) mass is 412 g/mol. The maximum atomic E-state index is 4.65. The molecule has 0 fully saturated rings. The number of thiophene rings is 1. The molecule has 0 atom stereocenters. The quantitative estimate of drug-likeness (QED) is 0.417. The van der Waals surface area contributed by atoms with Gasteiger partial charge < -0.3 is 4.98 Å². The highest BCUT2D eigenvalue weighted by Crippen LogP contribution is 2.33. The molecule has 0 spiro atoms. The molecule has 0 aromatic carbocycles. The zero-order valence-corrected chi connectivity index (χ0v) is 17.5. The summed E-state index contributed by atoms with van der Waals surface area (Å²) in [4.78, 5) is 10.6. The molecule has 5 aromatic rings. The second-order valence-corrected chi connectivity index (χ2v) is 8.35. The Kier molecular flexibility index (Phi) is 4.44. The van der Waals surface area contributed by atoms with Crippen LogP contribution in [-0.2, 0) is 0 Å². The Balaban J connectivity index is 1.69. The molecule has 0 unspecified atom stereocenters. The second-order valence-electron chi connectivity index (χ2n) is 7.06. The summed E-state index contributed by atoms with van der Waals surface area (Å²) in [5.41, 5.74) is 5.60. The van der Waals surface area contributed by atoms with Crippen LogP contribution in [0.4, 0.5) is 0 Å². The van der Waals surface area contributed by atoms with Gasteiger partial charge in [-0.25, -0.2) is 0 Å². The highest BCUT2D eigenvalue weighted by molar-refractivity contribution is 7.15. The first-order valence-electron chi connectivity index (χ1n) is 9.59. The van der Waals surface area contributed by atoms with Gasteiger partial charge in [0.05, 0.1) is 27.8 Å². The lowest BCUT2D eigenvalue weighted by atomic mass is 10.1. The van der Waals surface area contributed by atoms with E-state index in [0.717, 1.165) is 54.6 Å². The Bertz CT molecular complexity index is 1480. The maximum absolute atomic E-state index is 4.65. The van der Waals surface area contributed by atoms with Crippen molar-refractivity contribution in [1.29, 1.82) is 0 Å². The van der Waals surface area contributed by atoms with E-state index in [2.05, 4.69) is 62.1 Å². The van der Waals surface area contributed by atoms with Gasteiger partial charge in [-0.1, -0.05) is 12.7 Å². The zero-order chi connectivity index (χ0) is 20.7. The SMILES string of the molecule is C=C(/C=c1/c(-c2cc3c(-c4ccc(C)s4)nccc3[nH]2)n[nH]/c1=C/C)c1cn[nH]c1. The van der Waals surface area contributed by atoms with Gasteiger partial charge in [-0.15, -0.1) is 11.3 Å². The molecule has 0 radical (unpaired) electrons. The molecule has 0 saturated heterocycles. The van der Waals surface area contributed by atoms with Crippen LogP contribution < -0.4 is 10.6 Å². The minimum atomic E-state index is 0.845. The number of nitrogens with one attached hydrogen (secondary N) is 3. The maximum Gasteiger partial charge on any atom is 0.116 e. The predicted molar refractivity (Wildman–Crippen MR) is 123 cm³/mol. The van der Waals surface area contributed by atoms with Gasteiger partial charge in [0.25, 0.3) is 0 Å². The second kappa shape index (κ2) is 7.27. The van der Waals surface area contributed by atoms with Crippen molar-refractivity contribution in [3.63, 3.8) is 0 Å². The average molecular weight is 413 g/mol. The fourth-order valence-electron chi connectivity index (χ4n) is 3.56. The molecule has 0 aliphatic heterocycles. The van der Waals surface area contributed by atoms with Gasteiger partial charge >= 0.3 is 0 Å². The minimum absolute atomic E-state index is 0.845. The summed E-state index contributed by atoms with van der Waals surface area (Å²) in [5.74, 6) is 0. The summed E-state index contributed by atoms with van der Waals surface area (Å²) >= 11 is 1.75. The lowest BCUT2D eigenvalue weighted by molar-refractivity contribution is 1.06. The van der Waals surface area contributed by atoms with Crippen LogP contribution in [0.1, 0.15) is 17.4 Å². The largest absolute Gasteiger partial charge is 0.353 e. The first-order chi connectivity index (χ1) is 14.6. The van der Waals surface area contributed by atoms with Gasteiger partial charge in [0.1, 0.15) is 5.69 Å². The van der Waals surface area contributed by atoms with Crippen LogP contribution >= 0.6 is 11.3 Å². The molecule has 5 aromatic heterocycles. The van der Waals surface area contributed by atoms with E-state index in [9.17, 15) is 0 Å². The summed E-state index contributed by atoms with van der Waals surface area (Å²) in [6, 6.07) is 8.37. The number of aryl methyl sites for hydroxylation is 1. The molecule has 5 rings (SSSR count). The number of rotatable bonds is 4. The Labute approximate surface area is 176 Å². The van der Waals surface area contributed by atoms with Crippen LogP contribution in [0.2, 0.25) is 0 Å². The number of H-pyrrole nitrogens is 3. The summed E-state index contributed by atoms with van der Waals surface area (Å²) in [6.07, 6.45) is 9.48. The lowest BCUT2D eigenvalue weighted by Crippen LogP contribution is -2.23. The van der Waals surface area contributed by atoms with Gasteiger partial charge in [-0.2, -0.15) is 10.2 Å². The number of fused-ring (bicyclic) bond motifs is 1. The predicted octanol–water partition coefficient (Wildman–Crippen LogP) is 4.01. The van der Waals surface area contributed by atoms with Crippen molar-refractivity contribution in [2.75, 3.05) is 0 Å². The number of allylic oxidation sites excluding steroid dienone is 1. The van der Waals surface area contributed by atoms with E-state index >= 15 is 0 Å². The molecule has 0 amide bonds. The van der Waals surface area contributed by atoms with Gasteiger partial charge in [-0.05, 0) is 49.8 Å². The molecule has 30 heavy (non-hydrogen) atoms. The molecule has 0 aliphatic rings. The topological polar surface area (TPSA) is 86.0 Å². The van der Waals surface area contributed by atoms with E-state index in [-0.39, 0.29) is 0 Å². The third-order valence-corrected chi connectivity index (χ3v) is 6.09. The number of hydrogen-bond acceptors (Lipinski definition) is 4. The van der Waals surface area contributed by atoms with Crippen LogP contribution in [0.5, 0.6) is 0 Å². The Morgan fingerprint density at radius 3 is 2.83 bits per heavy atom. The average Bonchev–Trinajstić information content (AvgIpc) is 3.53. The molecular weight excluding hydrogens is 392 g/mol. The van der Waals surface area contributed by atoms with E-state index in [1.807, 2.05) is 37.5 Å². The molecule has 0 aliphatic carbocycles. The molecule has 0 bridgehead atoms. The first kappa shape index (κ1) is 18.3. The molecule has 5 heterocycles. The molecule has 0 saturated carbocycles. The van der Waals surface area contributed by atoms with Crippen molar-refractivity contribution in [3.05, 3.63) is 70.4 Å². The van der Waals surface area contributed by atoms with Gasteiger partial charge in [0.2, 0.25) is 0 Å². The normalized spacial score (nSPS) is 12.9. The van der Waals surface area contributed by atoms with Crippen molar-refractivity contribution >= 4 is 40.0 Å². The molecule has 3 N–H and O–H groups in total. The van der Waals surface area contributed by atoms with E-state index in [1.54, 1.807) is 17.5 Å². The summed E-state index contributed by atoms with van der Waals surface area (Å²) in [7, 11) is 0. The van der Waals surface area contributed by atoms with Crippen molar-refractivity contribution < 1.29 is 0 Å². The Hall–Kier alpha value is -3.71. The van der Waals surface area contributed by atoms with E-state index in [1.165, 1.54) is 4.88 Å². The molecule has 7 heteroatoms. The van der Waals surface area contributed by atoms with Crippen molar-refractivity contribution in [2.24, 2.45) is 0 Å². The van der Waals surface area contributed by atoms with E-state index in [4.69, 9.17) is 0 Å². The number of nitrogens with zero attached hydrogens (tertiary/aromatic N) is 3. The van der Waals surface area contributed by atoms with Gasteiger partial charge in [-0.3, -0.25) is 15.2 Å². The highest BCUT2D eigenvalue weighted by atomic mass is 32.1. The van der Waals surface area contributed by atoms with Gasteiger partial charge in [0, 0.05) is 39.0 Å². The number of aromatic nitrogens is 6. The van der Waals surface area contributed by atoms with E-state index in [0.29, 0.717) is 0 Å². The fraction of sp³-hybridized carbons (Fsp3) is 0.0870. The van der Waals surface area contributed by atoms with Crippen LogP contribution in [0, 0.1) is 6.92 Å². The lowest BCUT2D eigenvalue weighted by Gasteiger charge is -1.98. The smallest absolute Gasteiger partial charge is 0.116 e. The van der Waals surface area contributed by atoms with Crippen LogP contribution in [0.25, 0.3) is 50.6 Å². The van der Waals surface area contributed by atoms with E-state index < -0.39 is 0 Å². The Morgan fingerprint density at radius 2 is 2.10 bits per heavy atom. The first-order valence-corrected chi connectivity index (χ1v) is 10.4. The summed E-state index contributed by atoms with van der Waals surface area (Å²) in [5, 5.41) is 17.6.